The molecule has 110 valence electrons. The molecule has 0 aliphatic heterocycles. The van der Waals surface area contributed by atoms with Crippen LogP contribution in [0.15, 0.2) is 24.3 Å². The van der Waals surface area contributed by atoms with E-state index in [0.29, 0.717) is 5.69 Å². The normalized spacial score (nSPS) is 12.4. The Kier molecular flexibility index (Phi) is 5.79. The number of carbonyl (C=O) groups is 2. The van der Waals surface area contributed by atoms with Crippen molar-refractivity contribution in [2.75, 3.05) is 5.32 Å². The summed E-state index contributed by atoms with van der Waals surface area (Å²) < 4.78 is 6.12. The lowest BCUT2D eigenvalue weighted by Gasteiger charge is -2.21. The number of benzene rings is 1. The molecule has 2 N–H and O–H groups in total. The topological polar surface area (TPSA) is 67.4 Å². The Morgan fingerprint density at radius 3 is 2.50 bits per heavy atom. The number of halogens is 1. The summed E-state index contributed by atoms with van der Waals surface area (Å²) in [6, 6.07) is 6.74. The number of carbonyl (C=O) groups excluding carboxylic acids is 2. The number of nitrogens with one attached hydrogen (secondary N) is 2. The van der Waals surface area contributed by atoms with Crippen LogP contribution in [0.4, 0.5) is 10.5 Å². The number of anilines is 1. The highest BCUT2D eigenvalue weighted by molar-refractivity contribution is 14.1. The molecule has 0 radical (unpaired) electrons. The van der Waals surface area contributed by atoms with Crippen LogP contribution in [0.3, 0.4) is 0 Å². The van der Waals surface area contributed by atoms with Crippen molar-refractivity contribution in [3.05, 3.63) is 27.8 Å². The summed E-state index contributed by atoms with van der Waals surface area (Å²) in [6.45, 7) is 6.91. The van der Waals surface area contributed by atoms with E-state index in [1.165, 1.54) is 0 Å². The van der Waals surface area contributed by atoms with Gasteiger partial charge in [0.05, 0.1) is 0 Å². The Labute approximate surface area is 132 Å². The van der Waals surface area contributed by atoms with Crippen molar-refractivity contribution in [3.63, 3.8) is 0 Å². The highest BCUT2D eigenvalue weighted by Crippen LogP contribution is 2.12. The first-order valence-corrected chi connectivity index (χ1v) is 7.31. The molecular formula is C14H19IN2O3. The fourth-order valence-electron chi connectivity index (χ4n) is 1.37. The summed E-state index contributed by atoms with van der Waals surface area (Å²) in [5.41, 5.74) is 0.107. The van der Waals surface area contributed by atoms with Crippen LogP contribution in [0.25, 0.3) is 0 Å². The first-order chi connectivity index (χ1) is 9.17. The number of rotatable bonds is 3. The fourth-order valence-corrected chi connectivity index (χ4v) is 1.91. The van der Waals surface area contributed by atoms with Gasteiger partial charge >= 0.3 is 6.09 Å². The number of hydrogen-bond acceptors (Lipinski definition) is 3. The van der Waals surface area contributed by atoms with Crippen molar-refractivity contribution in [1.29, 1.82) is 0 Å². The molecule has 0 aliphatic rings. The van der Waals surface area contributed by atoms with Crippen LogP contribution in [0.5, 0.6) is 0 Å². The minimum Gasteiger partial charge on any atom is -0.444 e. The molecule has 2 amide bonds. The van der Waals surface area contributed by atoms with Crippen molar-refractivity contribution in [3.8, 4) is 0 Å². The lowest BCUT2D eigenvalue weighted by atomic mass is 10.2. The fraction of sp³-hybridized carbons (Fsp3) is 0.429. The van der Waals surface area contributed by atoms with E-state index in [-0.39, 0.29) is 5.91 Å². The predicted molar refractivity (Wildman–Crippen MR) is 86.6 cm³/mol. The van der Waals surface area contributed by atoms with Gasteiger partial charge in [0.15, 0.2) is 0 Å². The monoisotopic (exact) mass is 390 g/mol. The van der Waals surface area contributed by atoms with E-state index in [2.05, 4.69) is 33.2 Å². The van der Waals surface area contributed by atoms with Gasteiger partial charge in [0.1, 0.15) is 11.6 Å². The van der Waals surface area contributed by atoms with Gasteiger partial charge in [0.25, 0.3) is 0 Å². The second-order valence-corrected chi connectivity index (χ2v) is 6.61. The third-order valence-corrected chi connectivity index (χ3v) is 2.89. The van der Waals surface area contributed by atoms with Crippen LogP contribution in [0.1, 0.15) is 27.7 Å². The van der Waals surface area contributed by atoms with E-state index in [9.17, 15) is 9.59 Å². The van der Waals surface area contributed by atoms with Gasteiger partial charge < -0.3 is 15.4 Å². The first-order valence-electron chi connectivity index (χ1n) is 6.23. The maximum atomic E-state index is 11.9. The molecule has 0 bridgehead atoms. The van der Waals surface area contributed by atoms with Crippen molar-refractivity contribution in [2.45, 2.75) is 39.3 Å². The Bertz CT molecular complexity index is 497. The predicted octanol–water partition coefficient (Wildman–Crippen LogP) is 3.14. The summed E-state index contributed by atoms with van der Waals surface area (Å²) in [7, 11) is 0. The molecule has 1 atom stereocenters. The van der Waals surface area contributed by atoms with Gasteiger partial charge in [-0.3, -0.25) is 4.79 Å². The van der Waals surface area contributed by atoms with Gasteiger partial charge in [0, 0.05) is 9.26 Å². The summed E-state index contributed by atoms with van der Waals surface area (Å²) in [5.74, 6) is -0.294. The molecule has 1 aromatic rings. The van der Waals surface area contributed by atoms with E-state index in [1.807, 2.05) is 18.2 Å². The minimum absolute atomic E-state index is 0.294. The van der Waals surface area contributed by atoms with Gasteiger partial charge in [-0.2, -0.15) is 0 Å². The molecule has 0 aliphatic carbocycles. The van der Waals surface area contributed by atoms with E-state index < -0.39 is 17.7 Å². The molecule has 5 nitrogen and oxygen atoms in total. The van der Waals surface area contributed by atoms with Gasteiger partial charge in [-0.25, -0.2) is 4.79 Å². The van der Waals surface area contributed by atoms with E-state index in [4.69, 9.17) is 4.74 Å². The molecule has 1 aromatic carbocycles. The van der Waals surface area contributed by atoms with Gasteiger partial charge in [-0.15, -0.1) is 0 Å². The van der Waals surface area contributed by atoms with E-state index in [1.54, 1.807) is 33.8 Å². The number of hydrogen-bond donors (Lipinski definition) is 2. The SMILES string of the molecule is C[C@H](NC(=O)OC(C)(C)C)C(=O)Nc1cccc(I)c1. The molecular weight excluding hydrogens is 371 g/mol. The zero-order valence-corrected chi connectivity index (χ0v) is 14.1. The summed E-state index contributed by atoms with van der Waals surface area (Å²) >= 11 is 2.16. The highest BCUT2D eigenvalue weighted by Gasteiger charge is 2.20. The van der Waals surface area contributed by atoms with Crippen LogP contribution >= 0.6 is 22.6 Å². The third kappa shape index (κ3) is 6.23. The average Bonchev–Trinajstić information content (AvgIpc) is 2.25. The lowest BCUT2D eigenvalue weighted by molar-refractivity contribution is -0.117. The molecule has 6 heteroatoms. The molecule has 0 aromatic heterocycles. The molecule has 0 saturated carbocycles. The molecule has 0 spiro atoms. The van der Waals surface area contributed by atoms with Gasteiger partial charge in [-0.1, -0.05) is 6.07 Å². The van der Waals surface area contributed by atoms with Gasteiger partial charge in [0.2, 0.25) is 5.91 Å². The maximum absolute atomic E-state index is 11.9. The second kappa shape index (κ2) is 6.92. The standard InChI is InChI=1S/C14H19IN2O3/c1-9(16-13(19)20-14(2,3)4)12(18)17-11-7-5-6-10(15)8-11/h5-9H,1-4H3,(H,16,19)(H,17,18)/t9-/m0/s1. The van der Waals surface area contributed by atoms with Crippen LogP contribution in [0.2, 0.25) is 0 Å². The van der Waals surface area contributed by atoms with Crippen LogP contribution < -0.4 is 10.6 Å². The Morgan fingerprint density at radius 1 is 1.30 bits per heavy atom. The summed E-state index contributed by atoms with van der Waals surface area (Å²) in [4.78, 5) is 23.5. The van der Waals surface area contributed by atoms with Gasteiger partial charge in [-0.05, 0) is 68.5 Å². The first kappa shape index (κ1) is 16.7. The molecule has 1 rings (SSSR count). The Morgan fingerprint density at radius 2 is 1.95 bits per heavy atom. The molecule has 0 saturated heterocycles. The third-order valence-electron chi connectivity index (χ3n) is 2.22. The highest BCUT2D eigenvalue weighted by atomic mass is 127. The van der Waals surface area contributed by atoms with Crippen molar-refractivity contribution in [2.24, 2.45) is 0 Å². The number of amides is 2. The molecule has 0 unspecified atom stereocenters. The van der Waals surface area contributed by atoms with Crippen molar-refractivity contribution in [1.82, 2.24) is 5.32 Å². The molecule has 0 heterocycles. The average molecular weight is 390 g/mol. The number of ether oxygens (including phenoxy) is 1. The quantitative estimate of drug-likeness (QED) is 0.780. The molecule has 0 fully saturated rings. The lowest BCUT2D eigenvalue weighted by Crippen LogP contribution is -2.43. The van der Waals surface area contributed by atoms with Crippen LogP contribution in [-0.4, -0.2) is 23.6 Å². The van der Waals surface area contributed by atoms with Crippen LogP contribution in [0, 0.1) is 3.57 Å². The zero-order valence-electron chi connectivity index (χ0n) is 12.0. The smallest absolute Gasteiger partial charge is 0.408 e. The summed E-state index contributed by atoms with van der Waals surface area (Å²) in [6.07, 6.45) is -0.609. The zero-order chi connectivity index (χ0) is 15.3. The van der Waals surface area contributed by atoms with Crippen molar-refractivity contribution < 1.29 is 14.3 Å². The minimum atomic E-state index is -0.678. The van der Waals surface area contributed by atoms with Crippen LogP contribution in [-0.2, 0) is 9.53 Å². The number of alkyl carbamates (subject to hydrolysis) is 1. The van der Waals surface area contributed by atoms with E-state index in [0.717, 1.165) is 3.57 Å². The molecule has 20 heavy (non-hydrogen) atoms. The summed E-state index contributed by atoms with van der Waals surface area (Å²) in [5, 5.41) is 5.23. The largest absolute Gasteiger partial charge is 0.444 e. The Balaban J connectivity index is 2.53. The Hall–Kier alpha value is -1.31. The van der Waals surface area contributed by atoms with E-state index >= 15 is 0 Å². The maximum Gasteiger partial charge on any atom is 0.408 e. The van der Waals surface area contributed by atoms with Crippen molar-refractivity contribution >= 4 is 40.3 Å². The second-order valence-electron chi connectivity index (χ2n) is 5.37.